The maximum Gasteiger partial charge on any atom is 0.338 e. The van der Waals surface area contributed by atoms with Crippen molar-refractivity contribution in [1.82, 2.24) is 20.1 Å². The van der Waals surface area contributed by atoms with Gasteiger partial charge in [-0.2, -0.15) is 0 Å². The number of carboxylic acid groups (broad SMARTS) is 1. The Morgan fingerprint density at radius 1 is 1.20 bits per heavy atom. The van der Waals surface area contributed by atoms with E-state index in [0.717, 1.165) is 12.1 Å². The molecular formula is C31H29ClF2N6O5S. The molecule has 0 saturated carbocycles. The molecule has 3 atom stereocenters. The van der Waals surface area contributed by atoms with Crippen LogP contribution in [0.5, 0.6) is 0 Å². The normalized spacial score (nSPS) is 20.7. The number of aromatic nitrogens is 1. The van der Waals surface area contributed by atoms with Crippen LogP contribution in [0.2, 0.25) is 5.02 Å². The summed E-state index contributed by atoms with van der Waals surface area (Å²) in [5.74, 6) is -3.38. The predicted molar refractivity (Wildman–Crippen MR) is 167 cm³/mol. The number of ether oxygens (including phenoxy) is 1. The Morgan fingerprint density at radius 3 is 2.67 bits per heavy atom. The van der Waals surface area contributed by atoms with E-state index in [-0.39, 0.29) is 41.4 Å². The third-order valence-electron chi connectivity index (χ3n) is 8.37. The fraction of sp³-hybridized carbons (Fsp3) is 0.323. The van der Waals surface area contributed by atoms with Crippen molar-refractivity contribution < 1.29 is 33.0 Å². The molecular weight excluding hydrogens is 642 g/mol. The number of esters is 1. The van der Waals surface area contributed by atoms with Crippen LogP contribution < -0.4 is 10.2 Å². The molecule has 15 heteroatoms. The van der Waals surface area contributed by atoms with E-state index >= 15 is 4.39 Å². The van der Waals surface area contributed by atoms with Crippen molar-refractivity contribution in [3.05, 3.63) is 92.0 Å². The molecule has 1 aromatic heterocycles. The quantitative estimate of drug-likeness (QED) is 0.338. The Kier molecular flexibility index (Phi) is 8.77. The van der Waals surface area contributed by atoms with Gasteiger partial charge in [-0.1, -0.05) is 23.7 Å². The summed E-state index contributed by atoms with van der Waals surface area (Å²) in [6.45, 7) is 3.17. The zero-order chi connectivity index (χ0) is 32.7. The lowest BCUT2D eigenvalue weighted by atomic mass is 9.95. The standard InChI is InChI=1S/C31H29ClF2N6O5S/c1-16(29(41)42)17-3-6-24(22(34)11-17)40-14-19-13-38(8-9-39(19)31(40)44)15-23-25(30(43)45-2)26(20-5-4-18(33)12-21(20)32)37-27(36-23)28-35-7-10-46-28/h3-7,10-12,16,19,26H,8-9,13-15H2,1-2H3,(H,36,37)(H,41,42)/t16?,19-,26-/m0/s1. The fourth-order valence-electron chi connectivity index (χ4n) is 5.96. The molecule has 2 fully saturated rings. The number of carbonyl (C=O) groups is 3. The molecule has 11 nitrogen and oxygen atoms in total. The molecule has 0 bridgehead atoms. The minimum Gasteiger partial charge on any atom is -0.481 e. The number of hydrogen-bond acceptors (Lipinski definition) is 9. The second-order valence-corrected chi connectivity index (χ2v) is 12.4. The van der Waals surface area contributed by atoms with Crippen molar-refractivity contribution in [2.45, 2.75) is 24.9 Å². The predicted octanol–water partition coefficient (Wildman–Crippen LogP) is 4.41. The van der Waals surface area contributed by atoms with Crippen molar-refractivity contribution >= 4 is 52.4 Å². The first-order chi connectivity index (χ1) is 22.0. The minimum atomic E-state index is -1.07. The topological polar surface area (TPSA) is 128 Å². The number of rotatable bonds is 8. The second kappa shape index (κ2) is 12.8. The Hall–Kier alpha value is -4.40. The maximum absolute atomic E-state index is 15.2. The zero-order valence-electron chi connectivity index (χ0n) is 24.7. The van der Waals surface area contributed by atoms with Crippen LogP contribution in [-0.4, -0.2) is 89.6 Å². The summed E-state index contributed by atoms with van der Waals surface area (Å²) < 4.78 is 34.3. The number of hydrogen-bond donors (Lipinski definition) is 2. The highest BCUT2D eigenvalue weighted by Gasteiger charge is 2.43. The molecule has 6 rings (SSSR count). The van der Waals surface area contributed by atoms with Crippen LogP contribution in [0.1, 0.15) is 35.0 Å². The zero-order valence-corrected chi connectivity index (χ0v) is 26.3. The Bertz CT molecular complexity index is 1770. The van der Waals surface area contributed by atoms with Crippen LogP contribution in [-0.2, 0) is 14.3 Å². The van der Waals surface area contributed by atoms with Gasteiger partial charge in [-0.15, -0.1) is 11.3 Å². The first-order valence-electron chi connectivity index (χ1n) is 14.4. The average molecular weight is 671 g/mol. The summed E-state index contributed by atoms with van der Waals surface area (Å²) in [4.78, 5) is 52.2. The van der Waals surface area contributed by atoms with Gasteiger partial charge in [0.15, 0.2) is 10.8 Å². The summed E-state index contributed by atoms with van der Waals surface area (Å²) in [7, 11) is 1.27. The van der Waals surface area contributed by atoms with Crippen LogP contribution in [0.3, 0.4) is 0 Å². The first kappa shape index (κ1) is 31.6. The molecule has 240 valence electrons. The van der Waals surface area contributed by atoms with E-state index < -0.39 is 35.5 Å². The Balaban J connectivity index is 1.27. The highest BCUT2D eigenvalue weighted by molar-refractivity contribution is 7.11. The van der Waals surface area contributed by atoms with Crippen molar-refractivity contribution in [3.63, 3.8) is 0 Å². The molecule has 3 aromatic rings. The van der Waals surface area contributed by atoms with Crippen LogP contribution in [0.15, 0.2) is 64.2 Å². The number of benzene rings is 2. The number of carbonyl (C=O) groups excluding carboxylic acids is 2. The smallest absolute Gasteiger partial charge is 0.338 e. The largest absolute Gasteiger partial charge is 0.481 e. The van der Waals surface area contributed by atoms with Gasteiger partial charge in [0, 0.05) is 60.6 Å². The molecule has 2 aromatic carbocycles. The third-order valence-corrected chi connectivity index (χ3v) is 9.48. The molecule has 1 unspecified atom stereocenters. The monoisotopic (exact) mass is 670 g/mol. The van der Waals surface area contributed by atoms with Gasteiger partial charge in [-0.05, 0) is 36.8 Å². The fourth-order valence-corrected chi connectivity index (χ4v) is 6.82. The number of aliphatic carboxylic acids is 1. The van der Waals surface area contributed by atoms with E-state index in [2.05, 4.69) is 15.2 Å². The number of aliphatic imine (C=N–C) groups is 1. The third kappa shape index (κ3) is 5.95. The molecule has 0 aliphatic carbocycles. The number of carboxylic acids is 1. The Labute approximate surface area is 271 Å². The van der Waals surface area contributed by atoms with Crippen LogP contribution in [0.4, 0.5) is 19.3 Å². The number of amides is 2. The molecule has 0 radical (unpaired) electrons. The van der Waals surface area contributed by atoms with E-state index in [1.165, 1.54) is 54.5 Å². The van der Waals surface area contributed by atoms with Crippen molar-refractivity contribution in [2.24, 2.45) is 4.99 Å². The van der Waals surface area contributed by atoms with Gasteiger partial charge >= 0.3 is 18.0 Å². The van der Waals surface area contributed by atoms with Gasteiger partial charge in [-0.25, -0.2) is 23.4 Å². The van der Waals surface area contributed by atoms with E-state index in [9.17, 15) is 23.9 Å². The van der Waals surface area contributed by atoms with E-state index in [1.807, 2.05) is 0 Å². The van der Waals surface area contributed by atoms with Crippen molar-refractivity contribution in [2.75, 3.05) is 44.7 Å². The lowest BCUT2D eigenvalue weighted by molar-refractivity contribution is -0.138. The highest BCUT2D eigenvalue weighted by Crippen LogP contribution is 2.37. The molecule has 3 aliphatic rings. The van der Waals surface area contributed by atoms with Gasteiger partial charge in [0.2, 0.25) is 0 Å². The van der Waals surface area contributed by atoms with Gasteiger partial charge < -0.3 is 20.1 Å². The summed E-state index contributed by atoms with van der Waals surface area (Å²) in [6, 6.07) is 6.51. The summed E-state index contributed by atoms with van der Waals surface area (Å²) in [5, 5.41) is 15.0. The number of fused-ring (bicyclic) bond motifs is 1. The van der Waals surface area contributed by atoms with E-state index in [4.69, 9.17) is 21.3 Å². The molecule has 4 heterocycles. The minimum absolute atomic E-state index is 0.0836. The van der Waals surface area contributed by atoms with Crippen LogP contribution in [0, 0.1) is 11.6 Å². The highest BCUT2D eigenvalue weighted by atomic mass is 35.5. The number of methoxy groups -OCH3 is 1. The van der Waals surface area contributed by atoms with Gasteiger partial charge in [0.25, 0.3) is 0 Å². The number of nitrogens with zero attached hydrogens (tertiary/aromatic N) is 5. The first-order valence-corrected chi connectivity index (χ1v) is 15.6. The second-order valence-electron chi connectivity index (χ2n) is 11.1. The lowest BCUT2D eigenvalue weighted by Crippen LogP contribution is -2.53. The lowest BCUT2D eigenvalue weighted by Gasteiger charge is -2.38. The number of anilines is 1. The Morgan fingerprint density at radius 2 is 2.00 bits per heavy atom. The number of thiazole rings is 1. The van der Waals surface area contributed by atoms with E-state index in [0.29, 0.717) is 47.3 Å². The summed E-state index contributed by atoms with van der Waals surface area (Å²) in [6.07, 6.45) is 1.63. The van der Waals surface area contributed by atoms with Gasteiger partial charge in [0.1, 0.15) is 17.7 Å². The summed E-state index contributed by atoms with van der Waals surface area (Å²) in [5.41, 5.74) is 1.52. The van der Waals surface area contributed by atoms with Crippen molar-refractivity contribution in [1.29, 1.82) is 0 Å². The number of nitrogens with one attached hydrogen (secondary N) is 1. The maximum atomic E-state index is 15.2. The molecule has 2 N–H and O–H groups in total. The molecule has 0 spiro atoms. The number of piperazine rings is 1. The molecule has 46 heavy (non-hydrogen) atoms. The van der Waals surface area contributed by atoms with Gasteiger partial charge in [0.05, 0.1) is 30.3 Å². The average Bonchev–Trinajstić information content (AvgIpc) is 3.68. The summed E-state index contributed by atoms with van der Waals surface area (Å²) >= 11 is 7.81. The van der Waals surface area contributed by atoms with Crippen LogP contribution >= 0.6 is 22.9 Å². The molecule has 2 saturated heterocycles. The number of halogens is 3. The van der Waals surface area contributed by atoms with Crippen LogP contribution in [0.25, 0.3) is 0 Å². The van der Waals surface area contributed by atoms with E-state index in [1.54, 1.807) is 16.5 Å². The molecule has 3 aliphatic heterocycles. The number of amidine groups is 1. The SMILES string of the molecule is COC(=O)C1=C(CN2CCN3C(=O)N(c4ccc(C(C)C(=O)O)cc4F)C[C@@H]3C2)NC(c2nccs2)=N[C@H]1c1ccc(F)cc1Cl. The van der Waals surface area contributed by atoms with Gasteiger partial charge in [-0.3, -0.25) is 19.6 Å². The number of urea groups is 1. The molecule has 2 amide bonds. The van der Waals surface area contributed by atoms with Crippen molar-refractivity contribution in [3.8, 4) is 0 Å².